The number of carbonyl (C=O) groups excluding carboxylic acids is 1. The average Bonchev–Trinajstić information content (AvgIpc) is 3.60. The molecule has 3 heterocycles. The van der Waals surface area contributed by atoms with Crippen LogP contribution in [0.3, 0.4) is 0 Å². The molecule has 0 saturated heterocycles. The summed E-state index contributed by atoms with van der Waals surface area (Å²) in [4.78, 5) is 22.0. The second-order valence-electron chi connectivity index (χ2n) is 9.45. The van der Waals surface area contributed by atoms with Gasteiger partial charge in [-0.25, -0.2) is 0 Å². The molecule has 5 rings (SSSR count). The first-order valence-electron chi connectivity index (χ1n) is 11.8. The minimum absolute atomic E-state index is 0.0845. The molecule has 2 atom stereocenters. The fourth-order valence-electron chi connectivity index (χ4n) is 4.08. The number of carbonyl (C=O) groups is 1. The molecule has 1 amide bonds. The van der Waals surface area contributed by atoms with E-state index in [1.165, 1.54) is 18.5 Å². The Morgan fingerprint density at radius 1 is 1.24 bits per heavy atom. The Labute approximate surface area is 199 Å². The van der Waals surface area contributed by atoms with Gasteiger partial charge in [0.15, 0.2) is 5.82 Å². The summed E-state index contributed by atoms with van der Waals surface area (Å²) in [6, 6.07) is 4.46. The van der Waals surface area contributed by atoms with E-state index in [-0.39, 0.29) is 17.9 Å². The average molecular weight is 453 g/mol. The lowest BCUT2D eigenvalue weighted by Gasteiger charge is -2.19. The molecule has 2 aliphatic carbocycles. The monoisotopic (exact) mass is 452 g/mol. The Morgan fingerprint density at radius 3 is 2.82 bits per heavy atom. The van der Waals surface area contributed by atoms with Crippen molar-refractivity contribution < 1.29 is 4.79 Å². The summed E-state index contributed by atoms with van der Waals surface area (Å²) >= 11 is 0. The van der Waals surface area contributed by atoms with Gasteiger partial charge in [-0.3, -0.25) is 14.8 Å². The van der Waals surface area contributed by atoms with E-state index in [0.29, 0.717) is 35.5 Å². The Bertz CT molecular complexity index is 1290. The van der Waals surface area contributed by atoms with Crippen LogP contribution in [-0.4, -0.2) is 31.4 Å². The van der Waals surface area contributed by atoms with Crippen LogP contribution in [0.5, 0.6) is 0 Å². The van der Waals surface area contributed by atoms with E-state index in [4.69, 9.17) is 0 Å². The van der Waals surface area contributed by atoms with Gasteiger partial charge in [-0.15, -0.1) is 10.2 Å². The molecule has 1 aliphatic heterocycles. The zero-order chi connectivity index (χ0) is 23.7. The van der Waals surface area contributed by atoms with Gasteiger partial charge in [-0.2, -0.15) is 0 Å². The number of pyridine rings is 1. The van der Waals surface area contributed by atoms with Gasteiger partial charge >= 0.3 is 0 Å². The van der Waals surface area contributed by atoms with Crippen molar-refractivity contribution in [2.45, 2.75) is 57.9 Å². The minimum Gasteiger partial charge on any atom is -0.320 e. The number of hydrogen-bond donors (Lipinski definition) is 1. The third-order valence-electron chi connectivity index (χ3n) is 6.67. The van der Waals surface area contributed by atoms with Crippen LogP contribution in [0, 0.1) is 5.92 Å². The summed E-state index contributed by atoms with van der Waals surface area (Å²) in [5.41, 5.74) is 10.2. The van der Waals surface area contributed by atoms with Gasteiger partial charge in [-0.05, 0) is 43.4 Å². The van der Waals surface area contributed by atoms with E-state index in [1.54, 1.807) is 18.6 Å². The van der Waals surface area contributed by atoms with Crippen molar-refractivity contribution in [3.05, 3.63) is 83.3 Å². The zero-order valence-electron chi connectivity index (χ0n) is 19.7. The van der Waals surface area contributed by atoms with E-state index < -0.39 is 0 Å². The van der Waals surface area contributed by atoms with Crippen LogP contribution < -0.4 is 5.32 Å². The number of allylic oxidation sites excluding steroid dienone is 4. The molecule has 7 nitrogen and oxygen atoms in total. The topological polar surface area (TPSA) is 85.1 Å². The number of amides is 1. The molecule has 0 aromatic carbocycles. The highest BCUT2D eigenvalue weighted by Gasteiger charge is 2.26. The van der Waals surface area contributed by atoms with Crippen molar-refractivity contribution in [3.8, 4) is 0 Å². The second kappa shape index (κ2) is 9.22. The maximum absolute atomic E-state index is 13.0. The van der Waals surface area contributed by atoms with Gasteiger partial charge in [0.05, 0.1) is 11.3 Å². The van der Waals surface area contributed by atoms with Crippen LogP contribution in [0.1, 0.15) is 75.0 Å². The summed E-state index contributed by atoms with van der Waals surface area (Å²) in [5.74, 6) is 1.62. The molecule has 0 spiro atoms. The maximum atomic E-state index is 13.0. The normalized spacial score (nSPS) is 20.1. The molecule has 2 aromatic heterocycles. The molecular weight excluding hydrogens is 424 g/mol. The molecular formula is C27H28N6O. The third-order valence-corrected chi connectivity index (χ3v) is 6.67. The smallest absolute Gasteiger partial charge is 0.270 e. The van der Waals surface area contributed by atoms with Gasteiger partial charge in [-0.1, -0.05) is 37.5 Å². The van der Waals surface area contributed by atoms with E-state index in [2.05, 4.69) is 69.9 Å². The van der Waals surface area contributed by atoms with E-state index in [0.717, 1.165) is 11.1 Å². The van der Waals surface area contributed by atoms with E-state index >= 15 is 0 Å². The molecule has 3 aliphatic rings. The number of rotatable bonds is 7. The molecule has 1 fully saturated rings. The van der Waals surface area contributed by atoms with E-state index in [9.17, 15) is 4.79 Å². The summed E-state index contributed by atoms with van der Waals surface area (Å²) in [5, 5.41) is 11.3. The number of aliphatic imine (C=N–C) groups is 1. The zero-order valence-corrected chi connectivity index (χ0v) is 19.7. The number of nitrogens with zero attached hydrogens (tertiary/aromatic N) is 5. The van der Waals surface area contributed by atoms with Crippen LogP contribution in [0.15, 0.2) is 71.2 Å². The third kappa shape index (κ3) is 4.62. The van der Waals surface area contributed by atoms with Gasteiger partial charge in [0.25, 0.3) is 5.91 Å². The Morgan fingerprint density at radius 2 is 2.09 bits per heavy atom. The summed E-state index contributed by atoms with van der Waals surface area (Å²) < 4.78 is 2.03. The van der Waals surface area contributed by atoms with Crippen molar-refractivity contribution in [2.24, 2.45) is 10.9 Å². The van der Waals surface area contributed by atoms with Crippen molar-refractivity contribution in [3.63, 3.8) is 0 Å². The van der Waals surface area contributed by atoms with Crippen molar-refractivity contribution in [1.82, 2.24) is 25.1 Å². The number of nitrogens with one attached hydrogen (secondary N) is 1. The highest BCUT2D eigenvalue weighted by atomic mass is 16.1. The molecule has 7 heteroatoms. The summed E-state index contributed by atoms with van der Waals surface area (Å²) in [6.07, 6.45) is 13.9. The molecule has 1 saturated carbocycles. The number of hydrogen-bond acceptors (Lipinski definition) is 5. The fourth-order valence-corrected chi connectivity index (χ4v) is 4.08. The minimum atomic E-state index is -0.223. The van der Waals surface area contributed by atoms with Crippen molar-refractivity contribution in [1.29, 1.82) is 0 Å². The van der Waals surface area contributed by atoms with Crippen molar-refractivity contribution >= 4 is 17.2 Å². The van der Waals surface area contributed by atoms with Crippen LogP contribution in [0.4, 0.5) is 0 Å². The standard InChI is InChI=1S/C27H28N6O/c1-17(2)18(3)33-16-30-32-26(33)21-5-4-6-23(13-21)31-27(34)25-14-20(11-12-28-25)22-9-10-24(29-15-22)19-7-8-19/h6,9-13,15-20H,7-8,14H2,1-3H3,(H,31,34)/t18-,20?/m0/s1. The van der Waals surface area contributed by atoms with Crippen molar-refractivity contribution in [2.75, 3.05) is 0 Å². The molecule has 2 aromatic rings. The quantitative estimate of drug-likeness (QED) is 0.622. The molecule has 1 N–H and O–H groups in total. The Balaban J connectivity index is 1.27. The molecule has 172 valence electrons. The highest BCUT2D eigenvalue weighted by Crippen LogP contribution is 2.39. The highest BCUT2D eigenvalue weighted by molar-refractivity contribution is 6.39. The molecule has 1 unspecified atom stereocenters. The van der Waals surface area contributed by atoms with Crippen LogP contribution in [0.25, 0.3) is 5.57 Å². The lowest BCUT2D eigenvalue weighted by atomic mass is 9.92. The van der Waals surface area contributed by atoms with Gasteiger partial charge in [0.2, 0.25) is 0 Å². The Hall–Kier alpha value is -3.79. The largest absolute Gasteiger partial charge is 0.320 e. The molecule has 34 heavy (non-hydrogen) atoms. The second-order valence-corrected chi connectivity index (χ2v) is 9.45. The lowest BCUT2D eigenvalue weighted by molar-refractivity contribution is -0.114. The molecule has 0 radical (unpaired) electrons. The Kier molecular flexibility index (Phi) is 5.97. The SMILES string of the molecule is CC(C)[C@H](C)n1cnnc1C1=C=C=CC(NC(=O)C2=NC=CC(c3ccc(C4CC4)nc3)C2)=C1. The van der Waals surface area contributed by atoms with Crippen LogP contribution in [-0.2, 0) is 4.79 Å². The first-order valence-corrected chi connectivity index (χ1v) is 11.8. The van der Waals surface area contributed by atoms with Crippen LogP contribution >= 0.6 is 0 Å². The summed E-state index contributed by atoms with van der Waals surface area (Å²) in [7, 11) is 0. The number of aromatic nitrogens is 4. The fraction of sp³-hybridized carbons (Fsp3) is 0.370. The van der Waals surface area contributed by atoms with E-state index in [1.807, 2.05) is 22.9 Å². The van der Waals surface area contributed by atoms with Gasteiger partial charge in [0, 0.05) is 48.5 Å². The van der Waals surface area contributed by atoms with Crippen LogP contribution in [0.2, 0.25) is 0 Å². The van der Waals surface area contributed by atoms with Gasteiger partial charge < -0.3 is 9.88 Å². The predicted octanol–water partition coefficient (Wildman–Crippen LogP) is 4.62. The lowest BCUT2D eigenvalue weighted by Crippen LogP contribution is -2.31. The van der Waals surface area contributed by atoms with Gasteiger partial charge in [0.1, 0.15) is 12.0 Å². The first-order chi connectivity index (χ1) is 16.5. The summed E-state index contributed by atoms with van der Waals surface area (Å²) in [6.45, 7) is 6.45. The first kappa shape index (κ1) is 22.0. The maximum Gasteiger partial charge on any atom is 0.270 e. The molecule has 0 bridgehead atoms. The predicted molar refractivity (Wildman–Crippen MR) is 131 cm³/mol.